The lowest BCUT2D eigenvalue weighted by Gasteiger charge is -2.06. The molecular formula is C12H15N3OS. The second kappa shape index (κ2) is 5.23. The summed E-state index contributed by atoms with van der Waals surface area (Å²) in [6.07, 6.45) is 3.53. The zero-order chi connectivity index (χ0) is 12.3. The third-order valence-electron chi connectivity index (χ3n) is 2.28. The van der Waals surface area contributed by atoms with Crippen molar-refractivity contribution >= 4 is 17.7 Å². The molecule has 0 radical (unpaired) electrons. The van der Waals surface area contributed by atoms with Crippen LogP contribution in [0.2, 0.25) is 0 Å². The van der Waals surface area contributed by atoms with Crippen LogP contribution >= 0.6 is 11.8 Å². The van der Waals surface area contributed by atoms with Crippen molar-refractivity contribution in [3.05, 3.63) is 29.9 Å². The van der Waals surface area contributed by atoms with Crippen LogP contribution in [0.5, 0.6) is 0 Å². The van der Waals surface area contributed by atoms with Gasteiger partial charge in [-0.25, -0.2) is 9.97 Å². The van der Waals surface area contributed by atoms with Crippen LogP contribution in [0.4, 0.5) is 5.95 Å². The average molecular weight is 249 g/mol. The predicted molar refractivity (Wildman–Crippen MR) is 68.5 cm³/mol. The molecule has 0 fully saturated rings. The molecule has 0 atom stereocenters. The van der Waals surface area contributed by atoms with Gasteiger partial charge in [-0.1, -0.05) is 11.8 Å². The Morgan fingerprint density at radius 2 is 2.24 bits per heavy atom. The molecule has 0 aliphatic heterocycles. The van der Waals surface area contributed by atoms with Gasteiger partial charge in [-0.05, 0) is 26.8 Å². The summed E-state index contributed by atoms with van der Waals surface area (Å²) in [6.45, 7) is 6.80. The van der Waals surface area contributed by atoms with Gasteiger partial charge in [0.05, 0.1) is 11.2 Å². The van der Waals surface area contributed by atoms with Gasteiger partial charge >= 0.3 is 0 Å². The van der Waals surface area contributed by atoms with E-state index in [2.05, 4.69) is 15.3 Å². The third kappa shape index (κ3) is 2.79. The fraction of sp³-hybridized carbons (Fsp3) is 0.333. The lowest BCUT2D eigenvalue weighted by atomic mass is 10.4. The van der Waals surface area contributed by atoms with Gasteiger partial charge in [0.15, 0.2) is 0 Å². The smallest absolute Gasteiger partial charge is 0.223 e. The first-order valence-electron chi connectivity index (χ1n) is 5.50. The van der Waals surface area contributed by atoms with Crippen molar-refractivity contribution < 1.29 is 4.42 Å². The molecule has 0 amide bonds. The fourth-order valence-electron chi connectivity index (χ4n) is 1.36. The van der Waals surface area contributed by atoms with Crippen molar-refractivity contribution in [1.82, 2.24) is 9.97 Å². The Balaban J connectivity index is 2.25. The summed E-state index contributed by atoms with van der Waals surface area (Å²) in [4.78, 5) is 9.79. The molecule has 0 saturated heterocycles. The number of nitrogens with one attached hydrogen (secondary N) is 1. The van der Waals surface area contributed by atoms with Gasteiger partial charge in [-0.15, -0.1) is 0 Å². The second-order valence-corrected chi connectivity index (χ2v) is 4.69. The number of furan rings is 1. The molecule has 5 heteroatoms. The third-order valence-corrected chi connectivity index (χ3v) is 3.53. The first kappa shape index (κ1) is 12.0. The van der Waals surface area contributed by atoms with E-state index in [0.29, 0.717) is 5.95 Å². The maximum atomic E-state index is 5.27. The van der Waals surface area contributed by atoms with Gasteiger partial charge < -0.3 is 9.73 Å². The molecule has 2 rings (SSSR count). The number of rotatable bonds is 4. The van der Waals surface area contributed by atoms with Crippen molar-refractivity contribution in [2.24, 2.45) is 0 Å². The molecule has 2 aromatic rings. The highest BCUT2D eigenvalue weighted by Gasteiger charge is 2.09. The van der Waals surface area contributed by atoms with E-state index in [1.54, 1.807) is 18.0 Å². The lowest BCUT2D eigenvalue weighted by Crippen LogP contribution is -2.03. The van der Waals surface area contributed by atoms with Gasteiger partial charge in [0.25, 0.3) is 0 Å². The number of anilines is 1. The van der Waals surface area contributed by atoms with E-state index in [1.807, 2.05) is 33.0 Å². The summed E-state index contributed by atoms with van der Waals surface area (Å²) in [6, 6.07) is 1.95. The molecule has 4 nitrogen and oxygen atoms in total. The minimum absolute atomic E-state index is 0.668. The Kier molecular flexibility index (Phi) is 3.68. The molecule has 1 N–H and O–H groups in total. The molecule has 0 saturated carbocycles. The maximum Gasteiger partial charge on any atom is 0.223 e. The maximum absolute atomic E-state index is 5.27. The predicted octanol–water partition coefficient (Wildman–Crippen LogP) is 3.27. The Labute approximate surface area is 105 Å². The Morgan fingerprint density at radius 3 is 2.88 bits per heavy atom. The van der Waals surface area contributed by atoms with Crippen LogP contribution in [-0.4, -0.2) is 16.5 Å². The summed E-state index contributed by atoms with van der Waals surface area (Å²) >= 11 is 1.60. The summed E-state index contributed by atoms with van der Waals surface area (Å²) in [5.41, 5.74) is 1.07. The van der Waals surface area contributed by atoms with Crippen LogP contribution in [0, 0.1) is 13.8 Å². The summed E-state index contributed by atoms with van der Waals surface area (Å²) in [5.74, 6) is 1.58. The molecule has 0 spiro atoms. The number of hydrogen-bond acceptors (Lipinski definition) is 5. The SMILES string of the molecule is CCNc1ncc(C)c(Sc2ccoc2C)n1. The topological polar surface area (TPSA) is 51.0 Å². The van der Waals surface area contributed by atoms with E-state index in [1.165, 1.54) is 0 Å². The highest BCUT2D eigenvalue weighted by atomic mass is 32.2. The van der Waals surface area contributed by atoms with Gasteiger partial charge in [0, 0.05) is 18.3 Å². The van der Waals surface area contributed by atoms with Gasteiger partial charge in [0.1, 0.15) is 10.8 Å². The van der Waals surface area contributed by atoms with E-state index < -0.39 is 0 Å². The Bertz CT molecular complexity index is 510. The van der Waals surface area contributed by atoms with Crippen LogP contribution in [0.25, 0.3) is 0 Å². The van der Waals surface area contributed by atoms with Gasteiger partial charge in [-0.2, -0.15) is 0 Å². The molecule has 0 aliphatic rings. The van der Waals surface area contributed by atoms with Crippen LogP contribution in [0.15, 0.2) is 32.9 Å². The fourth-order valence-corrected chi connectivity index (χ4v) is 2.23. The van der Waals surface area contributed by atoms with Gasteiger partial charge in [-0.3, -0.25) is 0 Å². The molecule has 2 heterocycles. The van der Waals surface area contributed by atoms with Crippen molar-refractivity contribution in [3.63, 3.8) is 0 Å². The second-order valence-electron chi connectivity index (χ2n) is 3.66. The molecule has 17 heavy (non-hydrogen) atoms. The lowest BCUT2D eigenvalue weighted by molar-refractivity contribution is 0.527. The quantitative estimate of drug-likeness (QED) is 0.843. The molecule has 90 valence electrons. The number of nitrogens with zero attached hydrogens (tertiary/aromatic N) is 2. The molecule has 2 aromatic heterocycles. The van der Waals surface area contributed by atoms with Crippen LogP contribution in [0.1, 0.15) is 18.2 Å². The van der Waals surface area contributed by atoms with Crippen LogP contribution in [0.3, 0.4) is 0 Å². The molecule has 0 aromatic carbocycles. The molecule has 0 unspecified atom stereocenters. The molecule has 0 bridgehead atoms. The van der Waals surface area contributed by atoms with E-state index in [0.717, 1.165) is 27.8 Å². The van der Waals surface area contributed by atoms with Crippen LogP contribution in [-0.2, 0) is 0 Å². The zero-order valence-electron chi connectivity index (χ0n) is 10.2. The first-order valence-corrected chi connectivity index (χ1v) is 6.31. The summed E-state index contributed by atoms with van der Waals surface area (Å²) in [5, 5.41) is 4.07. The minimum Gasteiger partial charge on any atom is -0.468 e. The van der Waals surface area contributed by atoms with Gasteiger partial charge in [0.2, 0.25) is 5.95 Å². The van der Waals surface area contributed by atoms with E-state index >= 15 is 0 Å². The number of aromatic nitrogens is 2. The average Bonchev–Trinajstić information content (AvgIpc) is 2.70. The minimum atomic E-state index is 0.668. The molecular weight excluding hydrogens is 234 g/mol. The number of aryl methyl sites for hydroxylation is 2. The Hall–Kier alpha value is -1.49. The molecule has 0 aliphatic carbocycles. The first-order chi connectivity index (χ1) is 8.20. The van der Waals surface area contributed by atoms with Crippen LogP contribution < -0.4 is 5.32 Å². The highest BCUT2D eigenvalue weighted by molar-refractivity contribution is 7.99. The largest absolute Gasteiger partial charge is 0.468 e. The highest BCUT2D eigenvalue weighted by Crippen LogP contribution is 2.31. The summed E-state index contributed by atoms with van der Waals surface area (Å²) < 4.78 is 5.27. The van der Waals surface area contributed by atoms with Crippen molar-refractivity contribution in [2.45, 2.75) is 30.7 Å². The summed E-state index contributed by atoms with van der Waals surface area (Å²) in [7, 11) is 0. The standard InChI is InChI=1S/C12H15N3OS/c1-4-13-12-14-7-8(2)11(15-12)17-10-5-6-16-9(10)3/h5-7H,4H2,1-3H3,(H,13,14,15). The normalized spacial score (nSPS) is 10.5. The van der Waals surface area contributed by atoms with E-state index in [-0.39, 0.29) is 0 Å². The van der Waals surface area contributed by atoms with E-state index in [4.69, 9.17) is 4.42 Å². The van der Waals surface area contributed by atoms with Crippen molar-refractivity contribution in [1.29, 1.82) is 0 Å². The van der Waals surface area contributed by atoms with E-state index in [9.17, 15) is 0 Å². The van der Waals surface area contributed by atoms with Crippen molar-refractivity contribution in [2.75, 3.05) is 11.9 Å². The van der Waals surface area contributed by atoms with Crippen molar-refractivity contribution in [3.8, 4) is 0 Å². The monoisotopic (exact) mass is 249 g/mol. The number of hydrogen-bond donors (Lipinski definition) is 1. The zero-order valence-corrected chi connectivity index (χ0v) is 11.0. The Morgan fingerprint density at radius 1 is 1.41 bits per heavy atom.